The maximum absolute atomic E-state index is 13.0. The maximum atomic E-state index is 13.0. The summed E-state index contributed by atoms with van der Waals surface area (Å²) in [4.78, 5) is 41.2. The van der Waals surface area contributed by atoms with E-state index in [9.17, 15) is 19.7 Å². The van der Waals surface area contributed by atoms with E-state index in [1.54, 1.807) is 23.9 Å². The first-order valence-electron chi connectivity index (χ1n) is 11.9. The second-order valence-corrected chi connectivity index (χ2v) is 8.98. The average molecular weight is 528 g/mol. The summed E-state index contributed by atoms with van der Waals surface area (Å²) in [6, 6.07) is 18.4. The summed E-state index contributed by atoms with van der Waals surface area (Å²) in [5.74, 6) is 0.411. The first kappa shape index (κ1) is 25.4. The Morgan fingerprint density at radius 3 is 2.51 bits per heavy atom. The Morgan fingerprint density at radius 2 is 1.77 bits per heavy atom. The van der Waals surface area contributed by atoms with E-state index in [2.05, 4.69) is 4.98 Å². The molecule has 0 amide bonds. The number of nitro groups is 1. The zero-order valence-corrected chi connectivity index (χ0v) is 21.7. The van der Waals surface area contributed by atoms with Gasteiger partial charge in [-0.1, -0.05) is 48.5 Å². The summed E-state index contributed by atoms with van der Waals surface area (Å²) >= 11 is 0. The van der Waals surface area contributed by atoms with Crippen LogP contribution in [0, 0.1) is 10.1 Å². The van der Waals surface area contributed by atoms with E-state index < -0.39 is 16.2 Å². The molecule has 12 nitrogen and oxygen atoms in total. The van der Waals surface area contributed by atoms with E-state index >= 15 is 0 Å². The number of hydrogen-bond donors (Lipinski definition) is 0. The minimum atomic E-state index is -0.513. The molecule has 0 radical (unpaired) electrons. The fourth-order valence-corrected chi connectivity index (χ4v) is 4.55. The van der Waals surface area contributed by atoms with Gasteiger partial charge in [0.05, 0.1) is 24.8 Å². The molecule has 2 aromatic heterocycles. The normalized spacial score (nSPS) is 11.5. The van der Waals surface area contributed by atoms with Crippen molar-refractivity contribution in [3.05, 3.63) is 103 Å². The molecule has 0 spiro atoms. The number of rotatable bonds is 7. The van der Waals surface area contributed by atoms with Gasteiger partial charge in [0.1, 0.15) is 0 Å². The van der Waals surface area contributed by atoms with Crippen molar-refractivity contribution in [1.29, 1.82) is 0 Å². The van der Waals surface area contributed by atoms with Crippen LogP contribution < -0.4 is 21.0 Å². The van der Waals surface area contributed by atoms with Gasteiger partial charge in [0, 0.05) is 32.8 Å². The topological polar surface area (TPSA) is 130 Å². The first-order valence-corrected chi connectivity index (χ1v) is 11.9. The Bertz CT molecular complexity index is 1900. The Balaban J connectivity index is 1.68. The average Bonchev–Trinajstić information content (AvgIpc) is 3.29. The minimum absolute atomic E-state index is 0.0809. The highest BCUT2D eigenvalue weighted by Crippen LogP contribution is 2.29. The zero-order chi connectivity index (χ0) is 27.8. The van der Waals surface area contributed by atoms with E-state index in [0.29, 0.717) is 5.56 Å². The SMILES string of the molecule is COc1ccc(CN(/N=C\c2cccc3ccccc23)c2nc3c(c(=O)n(C)c(=O)n3C)n2C)cc1[N+](=O)[O-]. The van der Waals surface area contributed by atoms with Crippen LogP contribution in [0.3, 0.4) is 0 Å². The predicted molar refractivity (Wildman–Crippen MR) is 149 cm³/mol. The lowest BCUT2D eigenvalue weighted by molar-refractivity contribution is -0.385. The van der Waals surface area contributed by atoms with Gasteiger partial charge >= 0.3 is 11.4 Å². The number of imidazole rings is 1. The van der Waals surface area contributed by atoms with Crippen LogP contribution in [0.2, 0.25) is 0 Å². The van der Waals surface area contributed by atoms with Crippen LogP contribution in [0.15, 0.2) is 75.4 Å². The number of hydrazone groups is 1. The molecule has 0 aliphatic heterocycles. The number of fused-ring (bicyclic) bond motifs is 2. The quantitative estimate of drug-likeness (QED) is 0.181. The van der Waals surface area contributed by atoms with Crippen LogP contribution in [0.1, 0.15) is 11.1 Å². The van der Waals surface area contributed by atoms with Gasteiger partial charge < -0.3 is 9.30 Å². The summed E-state index contributed by atoms with van der Waals surface area (Å²) in [7, 11) is 5.97. The zero-order valence-electron chi connectivity index (χ0n) is 21.7. The number of benzene rings is 3. The predicted octanol–water partition coefficient (Wildman–Crippen LogP) is 3.08. The third kappa shape index (κ3) is 4.41. The molecule has 0 atom stereocenters. The second kappa shape index (κ2) is 9.89. The molecule has 39 heavy (non-hydrogen) atoms. The fourth-order valence-electron chi connectivity index (χ4n) is 4.55. The van der Waals surface area contributed by atoms with Crippen molar-refractivity contribution < 1.29 is 9.66 Å². The lowest BCUT2D eigenvalue weighted by Crippen LogP contribution is -2.37. The van der Waals surface area contributed by atoms with Gasteiger partial charge in [-0.15, -0.1) is 0 Å². The van der Waals surface area contributed by atoms with Crippen molar-refractivity contribution in [2.45, 2.75) is 6.54 Å². The highest BCUT2D eigenvalue weighted by molar-refractivity contribution is 5.99. The number of methoxy groups -OCH3 is 1. The highest BCUT2D eigenvalue weighted by atomic mass is 16.6. The van der Waals surface area contributed by atoms with Crippen LogP contribution in [0.4, 0.5) is 11.6 Å². The van der Waals surface area contributed by atoms with Crippen molar-refractivity contribution in [3.8, 4) is 5.75 Å². The number of aryl methyl sites for hydroxylation is 2. The molecule has 0 aliphatic carbocycles. The molecule has 5 aromatic rings. The third-order valence-electron chi connectivity index (χ3n) is 6.61. The number of ether oxygens (including phenoxy) is 1. The second-order valence-electron chi connectivity index (χ2n) is 8.98. The van der Waals surface area contributed by atoms with Gasteiger partial charge in [-0.25, -0.2) is 9.80 Å². The molecule has 0 aliphatic rings. The number of hydrogen-bond acceptors (Lipinski definition) is 8. The molecular weight excluding hydrogens is 502 g/mol. The molecule has 0 fully saturated rings. The van der Waals surface area contributed by atoms with Crippen molar-refractivity contribution >= 4 is 39.8 Å². The van der Waals surface area contributed by atoms with E-state index in [1.807, 2.05) is 42.5 Å². The lowest BCUT2D eigenvalue weighted by Gasteiger charge is -2.18. The molecule has 0 bridgehead atoms. The van der Waals surface area contributed by atoms with Crippen molar-refractivity contribution in [3.63, 3.8) is 0 Å². The molecule has 0 saturated carbocycles. The Morgan fingerprint density at radius 1 is 1.03 bits per heavy atom. The number of nitrogens with zero attached hydrogens (tertiary/aromatic N) is 7. The number of aromatic nitrogens is 4. The molecule has 12 heteroatoms. The monoisotopic (exact) mass is 527 g/mol. The molecule has 2 heterocycles. The summed E-state index contributed by atoms with van der Waals surface area (Å²) in [6.45, 7) is 0.0809. The smallest absolute Gasteiger partial charge is 0.332 e. The van der Waals surface area contributed by atoms with Crippen molar-refractivity contribution in [1.82, 2.24) is 18.7 Å². The number of nitro benzene ring substituents is 1. The highest BCUT2D eigenvalue weighted by Gasteiger charge is 2.22. The van der Waals surface area contributed by atoms with E-state index in [4.69, 9.17) is 9.84 Å². The van der Waals surface area contributed by atoms with E-state index in [0.717, 1.165) is 20.9 Å². The lowest BCUT2D eigenvalue weighted by atomic mass is 10.1. The van der Waals surface area contributed by atoms with Gasteiger partial charge in [0.25, 0.3) is 5.56 Å². The van der Waals surface area contributed by atoms with Gasteiger partial charge in [-0.2, -0.15) is 10.1 Å². The van der Waals surface area contributed by atoms with Crippen molar-refractivity contribution in [2.24, 2.45) is 26.2 Å². The van der Waals surface area contributed by atoms with Crippen LogP contribution in [0.25, 0.3) is 21.9 Å². The maximum Gasteiger partial charge on any atom is 0.332 e. The molecular formula is C27H25N7O5. The van der Waals surface area contributed by atoms with Crippen LogP contribution in [0.5, 0.6) is 5.75 Å². The van der Waals surface area contributed by atoms with Gasteiger partial charge in [0.2, 0.25) is 5.95 Å². The molecule has 0 unspecified atom stereocenters. The number of anilines is 1. The summed E-state index contributed by atoms with van der Waals surface area (Å²) < 4.78 is 9.01. The van der Waals surface area contributed by atoms with Gasteiger partial charge in [-0.05, 0) is 22.4 Å². The van der Waals surface area contributed by atoms with Gasteiger partial charge in [-0.3, -0.25) is 24.0 Å². The van der Waals surface area contributed by atoms with E-state index in [-0.39, 0.29) is 35.1 Å². The van der Waals surface area contributed by atoms with Crippen molar-refractivity contribution in [2.75, 3.05) is 12.1 Å². The standard InChI is InChI=1S/C27H25N7O5/c1-30-23-24(31(2)27(36)32(3)25(23)35)29-26(30)33(16-17-12-13-22(39-4)21(14-17)34(37)38)28-15-19-10-7-9-18-8-5-6-11-20(18)19/h5-15H,16H2,1-4H3/b28-15-. The summed E-state index contributed by atoms with van der Waals surface area (Å²) in [5.41, 5.74) is 0.648. The molecule has 0 N–H and O–H groups in total. The first-order chi connectivity index (χ1) is 18.7. The summed E-state index contributed by atoms with van der Waals surface area (Å²) in [5, 5.41) is 19.9. The Hall–Kier alpha value is -5.26. The molecule has 3 aromatic carbocycles. The van der Waals surface area contributed by atoms with Crippen LogP contribution >= 0.6 is 0 Å². The fraction of sp³-hybridized carbons (Fsp3) is 0.185. The van der Waals surface area contributed by atoms with E-state index in [1.165, 1.54) is 42.9 Å². The summed E-state index contributed by atoms with van der Waals surface area (Å²) in [6.07, 6.45) is 1.68. The van der Waals surface area contributed by atoms with Gasteiger partial charge in [0.15, 0.2) is 16.9 Å². The Kier molecular flexibility index (Phi) is 6.44. The van der Waals surface area contributed by atoms with Crippen LogP contribution in [-0.2, 0) is 27.7 Å². The largest absolute Gasteiger partial charge is 0.490 e. The molecule has 0 saturated heterocycles. The molecule has 5 rings (SSSR count). The minimum Gasteiger partial charge on any atom is -0.490 e. The molecule has 198 valence electrons. The van der Waals surface area contributed by atoms with Crippen LogP contribution in [-0.4, -0.2) is 36.9 Å². The third-order valence-corrected chi connectivity index (χ3v) is 6.61. The Labute approximate surface area is 221 Å².